The molecule has 1 unspecified atom stereocenters. The van der Waals surface area contributed by atoms with Gasteiger partial charge in [-0.1, -0.05) is 35.9 Å². The fourth-order valence-electron chi connectivity index (χ4n) is 2.35. The SMILES string of the molecule is COc1cccc(CC(CO)Cc2cccc(Cl)c2F)c1. The lowest BCUT2D eigenvalue weighted by Gasteiger charge is -2.15. The number of halogens is 2. The first kappa shape index (κ1) is 15.8. The first-order valence-electron chi connectivity index (χ1n) is 6.80. The zero-order valence-corrected chi connectivity index (χ0v) is 12.6. The molecule has 2 nitrogen and oxygen atoms in total. The number of hydrogen-bond donors (Lipinski definition) is 1. The highest BCUT2D eigenvalue weighted by Crippen LogP contribution is 2.23. The van der Waals surface area contributed by atoms with E-state index in [0.29, 0.717) is 18.4 Å². The molecule has 0 bridgehead atoms. The van der Waals surface area contributed by atoms with Crippen molar-refractivity contribution in [2.45, 2.75) is 12.8 Å². The molecule has 2 aromatic carbocycles. The minimum Gasteiger partial charge on any atom is -0.497 e. The highest BCUT2D eigenvalue weighted by Gasteiger charge is 2.14. The van der Waals surface area contributed by atoms with Crippen molar-refractivity contribution < 1.29 is 14.2 Å². The standard InChI is InChI=1S/C17H18ClFO2/c1-21-15-6-2-4-12(10-15)8-13(11-20)9-14-5-3-7-16(18)17(14)19/h2-7,10,13,20H,8-9,11H2,1H3. The van der Waals surface area contributed by atoms with Crippen LogP contribution in [-0.2, 0) is 12.8 Å². The lowest BCUT2D eigenvalue weighted by molar-refractivity contribution is 0.224. The second kappa shape index (κ2) is 7.43. The number of aliphatic hydroxyl groups is 1. The van der Waals surface area contributed by atoms with Gasteiger partial charge in [0.15, 0.2) is 0 Å². The molecule has 0 radical (unpaired) electrons. The van der Waals surface area contributed by atoms with Crippen LogP contribution < -0.4 is 4.74 Å². The molecule has 0 saturated heterocycles. The summed E-state index contributed by atoms with van der Waals surface area (Å²) >= 11 is 5.79. The Kier molecular flexibility index (Phi) is 5.59. The van der Waals surface area contributed by atoms with Crippen LogP contribution >= 0.6 is 11.6 Å². The van der Waals surface area contributed by atoms with E-state index in [4.69, 9.17) is 16.3 Å². The topological polar surface area (TPSA) is 29.5 Å². The van der Waals surface area contributed by atoms with Gasteiger partial charge in [0.05, 0.1) is 12.1 Å². The van der Waals surface area contributed by atoms with E-state index in [0.717, 1.165) is 11.3 Å². The van der Waals surface area contributed by atoms with Crippen molar-refractivity contribution in [3.8, 4) is 5.75 Å². The van der Waals surface area contributed by atoms with Gasteiger partial charge in [0.2, 0.25) is 0 Å². The van der Waals surface area contributed by atoms with E-state index in [1.807, 2.05) is 24.3 Å². The largest absolute Gasteiger partial charge is 0.497 e. The number of ether oxygens (including phenoxy) is 1. The molecule has 21 heavy (non-hydrogen) atoms. The van der Waals surface area contributed by atoms with Crippen LogP contribution in [0.3, 0.4) is 0 Å². The zero-order chi connectivity index (χ0) is 15.2. The van der Waals surface area contributed by atoms with Gasteiger partial charge in [-0.3, -0.25) is 0 Å². The fraction of sp³-hybridized carbons (Fsp3) is 0.294. The molecule has 2 aromatic rings. The monoisotopic (exact) mass is 308 g/mol. The smallest absolute Gasteiger partial charge is 0.144 e. The second-order valence-electron chi connectivity index (χ2n) is 5.02. The molecule has 4 heteroatoms. The molecule has 112 valence electrons. The van der Waals surface area contributed by atoms with Crippen molar-refractivity contribution in [3.63, 3.8) is 0 Å². The molecule has 1 N–H and O–H groups in total. The molecule has 0 saturated carbocycles. The summed E-state index contributed by atoms with van der Waals surface area (Å²) < 4.78 is 19.1. The van der Waals surface area contributed by atoms with Gasteiger partial charge in [0.1, 0.15) is 11.6 Å². The molecule has 0 heterocycles. The quantitative estimate of drug-likeness (QED) is 0.877. The van der Waals surface area contributed by atoms with Gasteiger partial charge < -0.3 is 9.84 Å². The Morgan fingerprint density at radius 1 is 1.19 bits per heavy atom. The van der Waals surface area contributed by atoms with Crippen molar-refractivity contribution in [3.05, 3.63) is 64.4 Å². The molecule has 0 fully saturated rings. The molecule has 2 rings (SSSR count). The molecule has 0 aliphatic carbocycles. The number of aliphatic hydroxyl groups excluding tert-OH is 1. The normalized spacial score (nSPS) is 12.2. The summed E-state index contributed by atoms with van der Waals surface area (Å²) in [5.41, 5.74) is 1.58. The third-order valence-electron chi connectivity index (χ3n) is 3.46. The number of methoxy groups -OCH3 is 1. The molecule has 1 atom stereocenters. The summed E-state index contributed by atoms with van der Waals surface area (Å²) in [4.78, 5) is 0. The van der Waals surface area contributed by atoms with Crippen LogP contribution in [0.25, 0.3) is 0 Å². The van der Waals surface area contributed by atoms with E-state index < -0.39 is 5.82 Å². The van der Waals surface area contributed by atoms with Crippen LogP contribution in [0, 0.1) is 11.7 Å². The molecule has 0 aliphatic heterocycles. The minimum atomic E-state index is -0.400. The third-order valence-corrected chi connectivity index (χ3v) is 3.75. The van der Waals surface area contributed by atoms with E-state index in [-0.39, 0.29) is 17.5 Å². The summed E-state index contributed by atoms with van der Waals surface area (Å²) in [5.74, 6) is 0.312. The van der Waals surface area contributed by atoms with Crippen molar-refractivity contribution in [1.82, 2.24) is 0 Å². The van der Waals surface area contributed by atoms with Crippen molar-refractivity contribution in [2.24, 2.45) is 5.92 Å². The van der Waals surface area contributed by atoms with Gasteiger partial charge in [0.25, 0.3) is 0 Å². The molecular formula is C17H18ClFO2. The van der Waals surface area contributed by atoms with Crippen molar-refractivity contribution in [2.75, 3.05) is 13.7 Å². The average molecular weight is 309 g/mol. The lowest BCUT2D eigenvalue weighted by atomic mass is 9.93. The summed E-state index contributed by atoms with van der Waals surface area (Å²) in [6.45, 7) is -0.0108. The van der Waals surface area contributed by atoms with Crippen LogP contribution in [0.5, 0.6) is 5.75 Å². The highest BCUT2D eigenvalue weighted by molar-refractivity contribution is 6.30. The van der Waals surface area contributed by atoms with Crippen molar-refractivity contribution in [1.29, 1.82) is 0 Å². The summed E-state index contributed by atoms with van der Waals surface area (Å²) in [7, 11) is 1.62. The number of rotatable bonds is 6. The molecule has 0 aromatic heterocycles. The molecular weight excluding hydrogens is 291 g/mol. The Hall–Kier alpha value is -1.58. The first-order valence-corrected chi connectivity index (χ1v) is 7.18. The Balaban J connectivity index is 2.11. The predicted molar refractivity (Wildman–Crippen MR) is 82.4 cm³/mol. The Bertz CT molecular complexity index is 601. The number of benzene rings is 2. The summed E-state index contributed by atoms with van der Waals surface area (Å²) in [5, 5.41) is 9.66. The molecule has 0 amide bonds. The van der Waals surface area contributed by atoms with E-state index >= 15 is 0 Å². The Morgan fingerprint density at radius 2 is 1.95 bits per heavy atom. The van der Waals surface area contributed by atoms with Gasteiger partial charge in [-0.05, 0) is 48.1 Å². The van der Waals surface area contributed by atoms with E-state index in [2.05, 4.69) is 0 Å². The minimum absolute atomic E-state index is 0.0108. The van der Waals surface area contributed by atoms with Crippen LogP contribution in [0.4, 0.5) is 4.39 Å². The maximum absolute atomic E-state index is 13.9. The fourth-order valence-corrected chi connectivity index (χ4v) is 2.55. The van der Waals surface area contributed by atoms with Gasteiger partial charge in [0, 0.05) is 6.61 Å². The second-order valence-corrected chi connectivity index (χ2v) is 5.43. The van der Waals surface area contributed by atoms with Crippen LogP contribution in [0.1, 0.15) is 11.1 Å². The van der Waals surface area contributed by atoms with Gasteiger partial charge in [-0.2, -0.15) is 0 Å². The highest BCUT2D eigenvalue weighted by atomic mass is 35.5. The van der Waals surface area contributed by atoms with E-state index in [1.54, 1.807) is 19.2 Å². The van der Waals surface area contributed by atoms with Gasteiger partial charge in [-0.15, -0.1) is 0 Å². The van der Waals surface area contributed by atoms with E-state index in [1.165, 1.54) is 6.07 Å². The first-order chi connectivity index (χ1) is 10.1. The average Bonchev–Trinajstić information content (AvgIpc) is 2.51. The summed E-state index contributed by atoms with van der Waals surface area (Å²) in [6.07, 6.45) is 1.10. The maximum Gasteiger partial charge on any atom is 0.144 e. The zero-order valence-electron chi connectivity index (χ0n) is 11.9. The van der Waals surface area contributed by atoms with Crippen LogP contribution in [0.15, 0.2) is 42.5 Å². The molecule has 0 spiro atoms. The third kappa shape index (κ3) is 4.19. The van der Waals surface area contributed by atoms with Crippen LogP contribution in [0.2, 0.25) is 5.02 Å². The molecule has 0 aliphatic rings. The van der Waals surface area contributed by atoms with Gasteiger partial charge >= 0.3 is 0 Å². The Morgan fingerprint density at radius 3 is 2.67 bits per heavy atom. The van der Waals surface area contributed by atoms with Crippen LogP contribution in [-0.4, -0.2) is 18.8 Å². The number of hydrogen-bond acceptors (Lipinski definition) is 2. The predicted octanol–water partition coefficient (Wildman–Crippen LogP) is 3.88. The van der Waals surface area contributed by atoms with Crippen molar-refractivity contribution >= 4 is 11.6 Å². The lowest BCUT2D eigenvalue weighted by Crippen LogP contribution is -2.14. The summed E-state index contributed by atoms with van der Waals surface area (Å²) in [6, 6.07) is 12.6. The Labute approximate surface area is 129 Å². The van der Waals surface area contributed by atoms with E-state index in [9.17, 15) is 9.50 Å². The maximum atomic E-state index is 13.9. The van der Waals surface area contributed by atoms with Gasteiger partial charge in [-0.25, -0.2) is 4.39 Å².